The Morgan fingerprint density at radius 1 is 1.24 bits per heavy atom. The first kappa shape index (κ1) is 13.7. The lowest BCUT2D eigenvalue weighted by molar-refractivity contribution is -0.138. The molecule has 3 nitrogen and oxygen atoms in total. The van der Waals surface area contributed by atoms with E-state index in [1.54, 1.807) is 0 Å². The average Bonchev–Trinajstić information content (AvgIpc) is 2.25. The van der Waals surface area contributed by atoms with Gasteiger partial charge in [0.25, 0.3) is 0 Å². The largest absolute Gasteiger partial charge is 0.481 e. The van der Waals surface area contributed by atoms with Crippen LogP contribution in [0.2, 0.25) is 0 Å². The Labute approximate surface area is 103 Å². The topological polar surface area (TPSA) is 63.3 Å². The second kappa shape index (κ2) is 5.32. The Bertz CT molecular complexity index is 412. The molecule has 0 bridgehead atoms. The summed E-state index contributed by atoms with van der Waals surface area (Å²) >= 11 is 0. The van der Waals surface area contributed by atoms with E-state index in [1.165, 1.54) is 0 Å². The van der Waals surface area contributed by atoms with Crippen LogP contribution >= 0.6 is 0 Å². The van der Waals surface area contributed by atoms with E-state index in [0.717, 1.165) is 27.8 Å². The Balaban J connectivity index is 3.41. The molecule has 0 saturated heterocycles. The molecule has 1 atom stereocenters. The van der Waals surface area contributed by atoms with Crippen molar-refractivity contribution in [3.8, 4) is 0 Å². The van der Waals surface area contributed by atoms with Gasteiger partial charge in [-0.1, -0.05) is 6.07 Å². The van der Waals surface area contributed by atoms with Crippen LogP contribution in [0.4, 0.5) is 0 Å². The normalized spacial score (nSPS) is 12.5. The van der Waals surface area contributed by atoms with Gasteiger partial charge in [0.15, 0.2) is 0 Å². The summed E-state index contributed by atoms with van der Waals surface area (Å²) in [7, 11) is 0. The molecule has 0 aliphatic rings. The summed E-state index contributed by atoms with van der Waals surface area (Å²) in [5.41, 5.74) is 10.9. The number of benzene rings is 1. The fourth-order valence-electron chi connectivity index (χ4n) is 2.33. The quantitative estimate of drug-likeness (QED) is 0.842. The number of hydrogen-bond acceptors (Lipinski definition) is 2. The highest BCUT2D eigenvalue weighted by Gasteiger charge is 2.24. The highest BCUT2D eigenvalue weighted by Crippen LogP contribution is 2.30. The number of hydrogen-bond donors (Lipinski definition) is 2. The van der Waals surface area contributed by atoms with Crippen molar-refractivity contribution >= 4 is 5.97 Å². The van der Waals surface area contributed by atoms with Gasteiger partial charge in [-0.05, 0) is 68.5 Å². The maximum absolute atomic E-state index is 11.4. The van der Waals surface area contributed by atoms with E-state index in [-0.39, 0.29) is 0 Å². The van der Waals surface area contributed by atoms with Crippen LogP contribution in [0.5, 0.6) is 0 Å². The van der Waals surface area contributed by atoms with Crippen LogP contribution in [0, 0.1) is 27.7 Å². The lowest BCUT2D eigenvalue weighted by atomic mass is 9.84. The van der Waals surface area contributed by atoms with Gasteiger partial charge in [0.1, 0.15) is 0 Å². The fourth-order valence-corrected chi connectivity index (χ4v) is 2.33. The first-order valence-corrected chi connectivity index (χ1v) is 5.90. The summed E-state index contributed by atoms with van der Waals surface area (Å²) in [6, 6.07) is 2.11. The van der Waals surface area contributed by atoms with Crippen molar-refractivity contribution < 1.29 is 9.90 Å². The van der Waals surface area contributed by atoms with E-state index in [0.29, 0.717) is 13.0 Å². The van der Waals surface area contributed by atoms with Gasteiger partial charge < -0.3 is 10.8 Å². The van der Waals surface area contributed by atoms with Gasteiger partial charge in [0.2, 0.25) is 0 Å². The van der Waals surface area contributed by atoms with E-state index in [1.807, 2.05) is 27.7 Å². The Morgan fingerprint density at radius 3 is 2.06 bits per heavy atom. The molecule has 0 radical (unpaired) electrons. The lowest BCUT2D eigenvalue weighted by Crippen LogP contribution is -2.19. The molecule has 17 heavy (non-hydrogen) atoms. The van der Waals surface area contributed by atoms with Crippen LogP contribution in [0.25, 0.3) is 0 Å². The highest BCUT2D eigenvalue weighted by atomic mass is 16.4. The van der Waals surface area contributed by atoms with Crippen molar-refractivity contribution in [3.63, 3.8) is 0 Å². The lowest BCUT2D eigenvalue weighted by Gasteiger charge is -2.20. The zero-order chi connectivity index (χ0) is 13.2. The van der Waals surface area contributed by atoms with Crippen LogP contribution in [0.15, 0.2) is 6.07 Å². The maximum Gasteiger partial charge on any atom is 0.311 e. The smallest absolute Gasteiger partial charge is 0.311 e. The van der Waals surface area contributed by atoms with Crippen molar-refractivity contribution in [2.24, 2.45) is 5.73 Å². The molecule has 1 rings (SSSR count). The molecule has 0 amide bonds. The zero-order valence-electron chi connectivity index (χ0n) is 11.0. The van der Waals surface area contributed by atoms with Crippen molar-refractivity contribution in [2.45, 2.75) is 40.0 Å². The monoisotopic (exact) mass is 235 g/mol. The van der Waals surface area contributed by atoms with Gasteiger partial charge in [0, 0.05) is 0 Å². The van der Waals surface area contributed by atoms with Gasteiger partial charge in [-0.2, -0.15) is 0 Å². The molecule has 0 saturated carbocycles. The predicted octanol–water partition coefficient (Wildman–Crippen LogP) is 2.44. The van der Waals surface area contributed by atoms with Crippen molar-refractivity contribution in [3.05, 3.63) is 33.9 Å². The molecule has 1 aromatic carbocycles. The average molecular weight is 235 g/mol. The minimum absolute atomic E-state index is 0.392. The van der Waals surface area contributed by atoms with Crippen molar-refractivity contribution in [1.82, 2.24) is 0 Å². The third kappa shape index (κ3) is 2.67. The molecule has 1 aromatic rings. The number of carbonyl (C=O) groups is 1. The summed E-state index contributed by atoms with van der Waals surface area (Å²) in [5, 5.41) is 9.33. The van der Waals surface area contributed by atoms with Crippen molar-refractivity contribution in [1.29, 1.82) is 0 Å². The molecule has 3 heteroatoms. The molecular weight excluding hydrogens is 214 g/mol. The number of aliphatic carboxylic acids is 1. The zero-order valence-corrected chi connectivity index (χ0v) is 11.0. The van der Waals surface area contributed by atoms with Crippen LogP contribution in [0.3, 0.4) is 0 Å². The van der Waals surface area contributed by atoms with Gasteiger partial charge in [-0.15, -0.1) is 0 Å². The van der Waals surface area contributed by atoms with Crippen LogP contribution in [-0.4, -0.2) is 17.6 Å². The summed E-state index contributed by atoms with van der Waals surface area (Å²) in [5.74, 6) is -1.27. The Kier molecular flexibility index (Phi) is 4.29. The molecule has 1 unspecified atom stereocenters. The molecule has 0 aliphatic heterocycles. The summed E-state index contributed by atoms with van der Waals surface area (Å²) < 4.78 is 0. The number of rotatable bonds is 4. The van der Waals surface area contributed by atoms with Gasteiger partial charge in [-0.25, -0.2) is 0 Å². The Morgan fingerprint density at radius 2 is 1.71 bits per heavy atom. The molecule has 94 valence electrons. The standard InChI is InChI=1S/C14H21NO2/c1-8-7-9(2)11(4)13(10(8)3)12(5-6-15)14(16)17/h7,12H,5-6,15H2,1-4H3,(H,16,17). The van der Waals surface area contributed by atoms with Gasteiger partial charge in [-0.3, -0.25) is 4.79 Å². The van der Waals surface area contributed by atoms with E-state index >= 15 is 0 Å². The van der Waals surface area contributed by atoms with Gasteiger partial charge >= 0.3 is 5.97 Å². The van der Waals surface area contributed by atoms with Gasteiger partial charge in [0.05, 0.1) is 5.92 Å². The highest BCUT2D eigenvalue weighted by molar-refractivity contribution is 5.77. The van der Waals surface area contributed by atoms with E-state index < -0.39 is 11.9 Å². The first-order chi connectivity index (χ1) is 7.90. The SMILES string of the molecule is Cc1cc(C)c(C)c(C(CCN)C(=O)O)c1C. The number of carboxylic acid groups (broad SMARTS) is 1. The van der Waals surface area contributed by atoms with E-state index in [9.17, 15) is 9.90 Å². The van der Waals surface area contributed by atoms with Crippen LogP contribution < -0.4 is 5.73 Å². The number of aryl methyl sites for hydroxylation is 2. The molecule has 0 heterocycles. The summed E-state index contributed by atoms with van der Waals surface area (Å²) in [6.45, 7) is 8.41. The Hall–Kier alpha value is -1.35. The van der Waals surface area contributed by atoms with Crippen LogP contribution in [-0.2, 0) is 4.79 Å². The van der Waals surface area contributed by atoms with E-state index in [4.69, 9.17) is 5.73 Å². The second-order valence-corrected chi connectivity index (χ2v) is 4.64. The molecule has 0 fully saturated rings. The molecule has 0 aromatic heterocycles. The fraction of sp³-hybridized carbons (Fsp3) is 0.500. The minimum Gasteiger partial charge on any atom is -0.481 e. The predicted molar refractivity (Wildman–Crippen MR) is 69.4 cm³/mol. The third-order valence-electron chi connectivity index (χ3n) is 3.53. The molecule has 0 spiro atoms. The number of carboxylic acids is 1. The molecule has 3 N–H and O–H groups in total. The maximum atomic E-state index is 11.4. The minimum atomic E-state index is -0.786. The third-order valence-corrected chi connectivity index (χ3v) is 3.53. The molecular formula is C14H21NO2. The summed E-state index contributed by atoms with van der Waals surface area (Å²) in [4.78, 5) is 11.4. The summed E-state index contributed by atoms with van der Waals surface area (Å²) in [6.07, 6.45) is 0.486. The number of nitrogens with two attached hydrogens (primary N) is 1. The first-order valence-electron chi connectivity index (χ1n) is 5.90. The molecule has 0 aliphatic carbocycles. The van der Waals surface area contributed by atoms with Crippen molar-refractivity contribution in [2.75, 3.05) is 6.54 Å². The van der Waals surface area contributed by atoms with E-state index in [2.05, 4.69) is 6.07 Å². The second-order valence-electron chi connectivity index (χ2n) is 4.64. The van der Waals surface area contributed by atoms with Crippen LogP contribution in [0.1, 0.15) is 40.2 Å².